The predicted octanol–water partition coefficient (Wildman–Crippen LogP) is 3.06. The molecule has 3 aromatic rings. The number of aromatic nitrogens is 3. The summed E-state index contributed by atoms with van der Waals surface area (Å²) < 4.78 is 1.55. The molecule has 0 bridgehead atoms. The first-order valence-electron chi connectivity index (χ1n) is 10.4. The molecule has 0 spiro atoms. The Balaban J connectivity index is 1.56. The van der Waals surface area contributed by atoms with Crippen LogP contribution in [0.5, 0.6) is 0 Å². The zero-order valence-electron chi connectivity index (χ0n) is 18.2. The van der Waals surface area contributed by atoms with Crippen molar-refractivity contribution in [3.63, 3.8) is 0 Å². The fourth-order valence-electron chi connectivity index (χ4n) is 3.71. The maximum atomic E-state index is 13.5. The monoisotopic (exact) mass is 451 g/mol. The van der Waals surface area contributed by atoms with E-state index < -0.39 is 10.8 Å². The van der Waals surface area contributed by atoms with Crippen molar-refractivity contribution in [2.24, 2.45) is 0 Å². The molecule has 0 saturated carbocycles. The molecular weight excluding hydrogens is 426 g/mol. The van der Waals surface area contributed by atoms with Crippen LogP contribution >= 0.6 is 11.8 Å². The molecule has 1 atom stereocenters. The Kier molecular flexibility index (Phi) is 5.92. The first kappa shape index (κ1) is 21.9. The highest BCUT2D eigenvalue weighted by atomic mass is 32.2. The maximum absolute atomic E-state index is 13.5. The van der Waals surface area contributed by atoms with E-state index >= 15 is 0 Å². The van der Waals surface area contributed by atoms with Gasteiger partial charge >= 0.3 is 5.69 Å². The summed E-state index contributed by atoms with van der Waals surface area (Å²) in [5.74, 6) is -0.478. The molecule has 2 N–H and O–H groups in total. The van der Waals surface area contributed by atoms with E-state index in [1.807, 2.05) is 48.5 Å². The number of carbonyl (C=O) groups excluding carboxylic acids is 2. The van der Waals surface area contributed by atoms with Crippen molar-refractivity contribution in [3.8, 4) is 0 Å². The standard InChI is InChI=1S/C23H25N5O3S/c1-15(19(29)28-18-12-8-7-11-17(18)24-20(30)23(28,2)3)32-22-26-25-21(31)27(22)14-13-16-9-5-4-6-10-16/h4-12,15H,13-14H2,1-3H3,(H,24,30)(H,25,31)/t15-/m0/s1. The summed E-state index contributed by atoms with van der Waals surface area (Å²) in [4.78, 5) is 40.0. The molecule has 2 amide bonds. The van der Waals surface area contributed by atoms with Crippen molar-refractivity contribution in [3.05, 3.63) is 70.6 Å². The molecule has 0 unspecified atom stereocenters. The van der Waals surface area contributed by atoms with Gasteiger partial charge in [0.05, 0.1) is 16.6 Å². The molecular formula is C23H25N5O3S. The fourth-order valence-corrected chi connectivity index (χ4v) is 4.63. The van der Waals surface area contributed by atoms with Gasteiger partial charge in [0.25, 0.3) is 0 Å². The highest BCUT2D eigenvalue weighted by Gasteiger charge is 2.45. The number of rotatable bonds is 6. The largest absolute Gasteiger partial charge is 0.343 e. The lowest BCUT2D eigenvalue weighted by Gasteiger charge is -2.43. The average Bonchev–Trinajstić information content (AvgIpc) is 3.12. The summed E-state index contributed by atoms with van der Waals surface area (Å²) >= 11 is 1.20. The van der Waals surface area contributed by atoms with Gasteiger partial charge in [-0.05, 0) is 44.9 Å². The lowest BCUT2D eigenvalue weighted by atomic mass is 9.96. The Hall–Kier alpha value is -3.33. The van der Waals surface area contributed by atoms with E-state index in [4.69, 9.17) is 0 Å². The van der Waals surface area contributed by atoms with Gasteiger partial charge in [0, 0.05) is 6.54 Å². The molecule has 1 aliphatic rings. The molecule has 32 heavy (non-hydrogen) atoms. The number of aromatic amines is 1. The van der Waals surface area contributed by atoms with Crippen molar-refractivity contribution in [1.82, 2.24) is 14.8 Å². The number of aryl methyl sites for hydroxylation is 1. The van der Waals surface area contributed by atoms with Gasteiger partial charge in [-0.15, -0.1) is 5.10 Å². The molecule has 1 aromatic heterocycles. The van der Waals surface area contributed by atoms with E-state index in [0.717, 1.165) is 5.56 Å². The Bertz CT molecular complexity index is 1200. The molecule has 0 aliphatic carbocycles. The maximum Gasteiger partial charge on any atom is 0.343 e. The van der Waals surface area contributed by atoms with Crippen LogP contribution in [0.3, 0.4) is 0 Å². The van der Waals surface area contributed by atoms with E-state index in [9.17, 15) is 14.4 Å². The summed E-state index contributed by atoms with van der Waals surface area (Å²) in [6.07, 6.45) is 0.670. The number of nitrogens with one attached hydrogen (secondary N) is 2. The number of hydrogen-bond donors (Lipinski definition) is 2. The summed E-state index contributed by atoms with van der Waals surface area (Å²) in [6, 6.07) is 17.1. The van der Waals surface area contributed by atoms with Gasteiger partial charge in [-0.3, -0.25) is 19.1 Å². The highest BCUT2D eigenvalue weighted by molar-refractivity contribution is 8.00. The molecule has 0 fully saturated rings. The molecule has 166 valence electrons. The first-order chi connectivity index (χ1) is 15.3. The van der Waals surface area contributed by atoms with Crippen LogP contribution in [0.15, 0.2) is 64.5 Å². The summed E-state index contributed by atoms with van der Waals surface area (Å²) in [5, 5.41) is 9.35. The Morgan fingerprint density at radius 2 is 1.78 bits per heavy atom. The molecule has 2 heterocycles. The number of H-pyrrole nitrogens is 1. The third-order valence-electron chi connectivity index (χ3n) is 5.55. The molecule has 9 heteroatoms. The van der Waals surface area contributed by atoms with Gasteiger partial charge in [0.1, 0.15) is 5.54 Å². The van der Waals surface area contributed by atoms with E-state index in [2.05, 4.69) is 15.5 Å². The number of hydrogen-bond acceptors (Lipinski definition) is 5. The van der Waals surface area contributed by atoms with Crippen LogP contribution in [0, 0.1) is 0 Å². The van der Waals surface area contributed by atoms with Crippen molar-refractivity contribution >= 4 is 35.0 Å². The minimum Gasteiger partial charge on any atom is -0.322 e. The first-order valence-corrected chi connectivity index (χ1v) is 11.3. The molecule has 1 aliphatic heterocycles. The average molecular weight is 452 g/mol. The van der Waals surface area contributed by atoms with Crippen LogP contribution in [0.2, 0.25) is 0 Å². The van der Waals surface area contributed by atoms with Crippen molar-refractivity contribution in [2.45, 2.75) is 49.7 Å². The second-order valence-electron chi connectivity index (χ2n) is 8.16. The van der Waals surface area contributed by atoms with E-state index in [-0.39, 0.29) is 17.5 Å². The van der Waals surface area contributed by atoms with Crippen LogP contribution in [0.1, 0.15) is 26.3 Å². The normalized spacial score (nSPS) is 15.7. The minimum atomic E-state index is -1.06. The topological polar surface area (TPSA) is 100 Å². The smallest absolute Gasteiger partial charge is 0.322 e. The van der Waals surface area contributed by atoms with Crippen LogP contribution < -0.4 is 15.9 Å². The number of benzene rings is 2. The van der Waals surface area contributed by atoms with Gasteiger partial charge in [-0.25, -0.2) is 9.89 Å². The van der Waals surface area contributed by atoms with Crippen LogP contribution in [0.25, 0.3) is 0 Å². The van der Waals surface area contributed by atoms with Gasteiger partial charge in [-0.1, -0.05) is 54.2 Å². The zero-order chi connectivity index (χ0) is 22.9. The highest BCUT2D eigenvalue weighted by Crippen LogP contribution is 2.38. The molecule has 4 rings (SSSR count). The Labute approximate surface area is 190 Å². The van der Waals surface area contributed by atoms with Crippen molar-refractivity contribution in [1.29, 1.82) is 0 Å². The summed E-state index contributed by atoms with van der Waals surface area (Å²) in [7, 11) is 0. The summed E-state index contributed by atoms with van der Waals surface area (Å²) in [5.41, 5.74) is 0.989. The second-order valence-corrected chi connectivity index (χ2v) is 9.47. The Morgan fingerprint density at radius 3 is 2.53 bits per heavy atom. The van der Waals surface area contributed by atoms with Gasteiger partial charge in [0.15, 0.2) is 5.16 Å². The van der Waals surface area contributed by atoms with Crippen LogP contribution in [0.4, 0.5) is 11.4 Å². The van der Waals surface area contributed by atoms with Crippen molar-refractivity contribution in [2.75, 3.05) is 10.2 Å². The number of amides is 2. The van der Waals surface area contributed by atoms with Crippen molar-refractivity contribution < 1.29 is 9.59 Å². The number of para-hydroxylation sites is 2. The fraction of sp³-hybridized carbons (Fsp3) is 0.304. The number of nitrogens with zero attached hydrogens (tertiary/aromatic N) is 3. The number of carbonyl (C=O) groups is 2. The predicted molar refractivity (Wildman–Crippen MR) is 125 cm³/mol. The van der Waals surface area contributed by atoms with Gasteiger partial charge in [-0.2, -0.15) is 0 Å². The molecule has 8 nitrogen and oxygen atoms in total. The third kappa shape index (κ3) is 4.08. The SMILES string of the molecule is C[C@H](Sc1n[nH]c(=O)n1CCc1ccccc1)C(=O)N1c2ccccc2NC(=O)C1(C)C. The van der Waals surface area contributed by atoms with Crippen LogP contribution in [-0.4, -0.2) is 37.4 Å². The molecule has 0 saturated heterocycles. The Morgan fingerprint density at radius 1 is 1.09 bits per heavy atom. The quantitative estimate of drug-likeness (QED) is 0.561. The number of anilines is 2. The summed E-state index contributed by atoms with van der Waals surface area (Å²) in [6.45, 7) is 5.65. The zero-order valence-corrected chi connectivity index (χ0v) is 19.0. The number of thioether (sulfide) groups is 1. The third-order valence-corrected chi connectivity index (χ3v) is 6.63. The number of fused-ring (bicyclic) bond motifs is 1. The van der Waals surface area contributed by atoms with E-state index in [1.54, 1.807) is 31.4 Å². The minimum absolute atomic E-state index is 0.229. The molecule has 2 aromatic carbocycles. The van der Waals surface area contributed by atoms with Gasteiger partial charge in [0.2, 0.25) is 11.8 Å². The van der Waals surface area contributed by atoms with E-state index in [1.165, 1.54) is 16.7 Å². The van der Waals surface area contributed by atoms with Crippen LogP contribution in [-0.2, 0) is 22.6 Å². The van der Waals surface area contributed by atoms with Gasteiger partial charge < -0.3 is 5.32 Å². The lowest BCUT2D eigenvalue weighted by molar-refractivity contribution is -0.126. The lowest BCUT2D eigenvalue weighted by Crippen LogP contribution is -2.60. The van der Waals surface area contributed by atoms with E-state index in [0.29, 0.717) is 29.5 Å². The second kappa shape index (κ2) is 8.66. The molecule has 0 radical (unpaired) electrons.